The molecule has 1 rings (SSSR count). The van der Waals surface area contributed by atoms with Gasteiger partial charge in [0.15, 0.2) is 0 Å². The molecule has 1 saturated heterocycles. The minimum atomic E-state index is -3.39. The number of rotatable bonds is 6. The van der Waals surface area contributed by atoms with Crippen LogP contribution in [0.15, 0.2) is 0 Å². The zero-order valence-electron chi connectivity index (χ0n) is 9.89. The summed E-state index contributed by atoms with van der Waals surface area (Å²) in [6, 6.07) is -0.643. The molecule has 0 bridgehead atoms. The lowest BCUT2D eigenvalue weighted by atomic mass is 10.2. The molecule has 0 saturated carbocycles. The van der Waals surface area contributed by atoms with Crippen molar-refractivity contribution in [2.45, 2.75) is 32.2 Å². The molecule has 0 N–H and O–H groups in total. The number of hydrogen-bond donors (Lipinski definition) is 0. The SMILES string of the molecule is CCOC(=O)C1CCCN1S(=O)(=O)CCCCl. The fourth-order valence-corrected chi connectivity index (χ4v) is 3.92. The average Bonchev–Trinajstić information content (AvgIpc) is 2.76. The van der Waals surface area contributed by atoms with E-state index in [4.69, 9.17) is 16.3 Å². The number of halogens is 1. The van der Waals surface area contributed by atoms with Gasteiger partial charge in [0.25, 0.3) is 0 Å². The highest BCUT2D eigenvalue weighted by Crippen LogP contribution is 2.22. The van der Waals surface area contributed by atoms with Crippen LogP contribution in [-0.4, -0.2) is 49.5 Å². The van der Waals surface area contributed by atoms with Gasteiger partial charge in [-0.25, -0.2) is 8.42 Å². The minimum absolute atomic E-state index is 0.00753. The maximum Gasteiger partial charge on any atom is 0.324 e. The maximum atomic E-state index is 12.0. The summed E-state index contributed by atoms with van der Waals surface area (Å²) in [5, 5.41) is 0. The highest BCUT2D eigenvalue weighted by molar-refractivity contribution is 7.89. The third-order valence-corrected chi connectivity index (χ3v) is 4.88. The van der Waals surface area contributed by atoms with E-state index in [1.54, 1.807) is 6.92 Å². The van der Waals surface area contributed by atoms with Gasteiger partial charge in [-0.15, -0.1) is 11.6 Å². The van der Waals surface area contributed by atoms with Crippen molar-refractivity contribution in [1.82, 2.24) is 4.31 Å². The molecule has 0 aromatic heterocycles. The number of esters is 1. The van der Waals surface area contributed by atoms with Crippen LogP contribution in [-0.2, 0) is 19.6 Å². The maximum absolute atomic E-state index is 12.0. The van der Waals surface area contributed by atoms with Crippen molar-refractivity contribution in [2.24, 2.45) is 0 Å². The summed E-state index contributed by atoms with van der Waals surface area (Å²) in [5.74, 6) is -0.150. The molecule has 1 heterocycles. The van der Waals surface area contributed by atoms with Gasteiger partial charge in [0.1, 0.15) is 6.04 Å². The van der Waals surface area contributed by atoms with Gasteiger partial charge in [0.05, 0.1) is 12.4 Å². The third kappa shape index (κ3) is 3.82. The Kier molecular flexibility index (Phi) is 5.69. The van der Waals surface area contributed by atoms with Crippen LogP contribution >= 0.6 is 11.6 Å². The Morgan fingerprint density at radius 2 is 2.24 bits per heavy atom. The van der Waals surface area contributed by atoms with Crippen LogP contribution in [0.2, 0.25) is 0 Å². The summed E-state index contributed by atoms with van der Waals surface area (Å²) in [6.45, 7) is 2.37. The number of sulfonamides is 1. The van der Waals surface area contributed by atoms with Crippen molar-refractivity contribution in [3.63, 3.8) is 0 Å². The van der Waals surface area contributed by atoms with E-state index in [2.05, 4.69) is 0 Å². The Labute approximate surface area is 107 Å². The van der Waals surface area contributed by atoms with Gasteiger partial charge < -0.3 is 4.74 Å². The molecule has 0 amide bonds. The standard InChI is InChI=1S/C10H18ClNO4S/c1-2-16-10(13)9-5-3-7-12(9)17(14,15)8-4-6-11/h9H,2-8H2,1H3. The molecule has 1 unspecified atom stereocenters. The van der Waals surface area contributed by atoms with Gasteiger partial charge in [0.2, 0.25) is 10.0 Å². The highest BCUT2D eigenvalue weighted by Gasteiger charge is 2.38. The Morgan fingerprint density at radius 3 is 2.82 bits per heavy atom. The van der Waals surface area contributed by atoms with E-state index in [9.17, 15) is 13.2 Å². The quantitative estimate of drug-likeness (QED) is 0.538. The van der Waals surface area contributed by atoms with Crippen molar-refractivity contribution >= 4 is 27.6 Å². The molecule has 0 aliphatic carbocycles. The van der Waals surface area contributed by atoms with Gasteiger partial charge in [-0.3, -0.25) is 4.79 Å². The molecule has 0 spiro atoms. The van der Waals surface area contributed by atoms with Crippen molar-refractivity contribution in [1.29, 1.82) is 0 Å². The lowest BCUT2D eigenvalue weighted by molar-refractivity contribution is -0.146. The zero-order valence-corrected chi connectivity index (χ0v) is 11.5. The van der Waals surface area contributed by atoms with E-state index in [1.807, 2.05) is 0 Å². The molecule has 1 atom stereocenters. The van der Waals surface area contributed by atoms with Crippen LogP contribution in [0.1, 0.15) is 26.2 Å². The van der Waals surface area contributed by atoms with Crippen LogP contribution in [0, 0.1) is 0 Å². The van der Waals surface area contributed by atoms with Crippen LogP contribution in [0.3, 0.4) is 0 Å². The van der Waals surface area contributed by atoms with Crippen LogP contribution in [0.4, 0.5) is 0 Å². The summed E-state index contributed by atoms with van der Waals surface area (Å²) in [5.41, 5.74) is 0. The van der Waals surface area contributed by atoms with Crippen molar-refractivity contribution in [3.8, 4) is 0 Å². The molecule has 1 aliphatic heterocycles. The van der Waals surface area contributed by atoms with Gasteiger partial charge in [0, 0.05) is 12.4 Å². The molecule has 1 aliphatic rings. The lowest BCUT2D eigenvalue weighted by Crippen LogP contribution is -2.42. The van der Waals surface area contributed by atoms with Gasteiger partial charge >= 0.3 is 5.97 Å². The predicted octanol–water partition coefficient (Wildman–Crippen LogP) is 0.973. The molecule has 1 fully saturated rings. The van der Waals surface area contributed by atoms with Crippen LogP contribution in [0.5, 0.6) is 0 Å². The molecule has 7 heteroatoms. The molecular weight excluding hydrogens is 266 g/mol. The minimum Gasteiger partial charge on any atom is -0.465 e. The highest BCUT2D eigenvalue weighted by atomic mass is 35.5. The van der Waals surface area contributed by atoms with E-state index in [1.165, 1.54) is 4.31 Å². The summed E-state index contributed by atoms with van der Waals surface area (Å²) >= 11 is 5.49. The van der Waals surface area contributed by atoms with Crippen molar-refractivity contribution < 1.29 is 17.9 Å². The van der Waals surface area contributed by atoms with Gasteiger partial charge in [-0.1, -0.05) is 0 Å². The van der Waals surface area contributed by atoms with Gasteiger partial charge in [-0.05, 0) is 26.2 Å². The first-order valence-corrected chi connectivity index (χ1v) is 7.89. The van der Waals surface area contributed by atoms with E-state index in [-0.39, 0.29) is 12.4 Å². The molecule has 0 aromatic carbocycles. The first-order valence-electron chi connectivity index (χ1n) is 5.75. The number of carbonyl (C=O) groups is 1. The topological polar surface area (TPSA) is 63.7 Å². The molecule has 0 aromatic rings. The number of hydrogen-bond acceptors (Lipinski definition) is 4. The predicted molar refractivity (Wildman–Crippen MR) is 65.5 cm³/mol. The number of alkyl halides is 1. The summed E-state index contributed by atoms with van der Waals surface area (Å²) < 4.78 is 30.1. The van der Waals surface area contributed by atoms with E-state index >= 15 is 0 Å². The smallest absolute Gasteiger partial charge is 0.324 e. The second-order valence-electron chi connectivity index (χ2n) is 3.88. The fraction of sp³-hybridized carbons (Fsp3) is 0.900. The van der Waals surface area contributed by atoms with Crippen molar-refractivity contribution in [3.05, 3.63) is 0 Å². The Hall–Kier alpha value is -0.330. The normalized spacial score (nSPS) is 21.6. The Morgan fingerprint density at radius 1 is 1.53 bits per heavy atom. The summed E-state index contributed by atoms with van der Waals surface area (Å²) in [7, 11) is -3.39. The van der Waals surface area contributed by atoms with E-state index < -0.39 is 22.0 Å². The number of nitrogens with zero attached hydrogens (tertiary/aromatic N) is 1. The molecular formula is C10H18ClNO4S. The molecule has 5 nitrogen and oxygen atoms in total. The first kappa shape index (κ1) is 14.7. The Bertz CT molecular complexity index is 357. The van der Waals surface area contributed by atoms with E-state index in [0.717, 1.165) is 0 Å². The molecule has 100 valence electrons. The second kappa shape index (κ2) is 6.56. The van der Waals surface area contributed by atoms with Crippen molar-refractivity contribution in [2.75, 3.05) is 24.8 Å². The summed E-state index contributed by atoms with van der Waals surface area (Å²) in [6.07, 6.45) is 1.64. The van der Waals surface area contributed by atoms with Crippen LogP contribution < -0.4 is 0 Å². The van der Waals surface area contributed by atoms with Crippen LogP contribution in [0.25, 0.3) is 0 Å². The summed E-state index contributed by atoms with van der Waals surface area (Å²) in [4.78, 5) is 11.6. The number of carbonyl (C=O) groups excluding carboxylic acids is 1. The molecule has 0 radical (unpaired) electrons. The molecule has 17 heavy (non-hydrogen) atoms. The second-order valence-corrected chi connectivity index (χ2v) is 6.30. The zero-order chi connectivity index (χ0) is 12.9. The van der Waals surface area contributed by atoms with Gasteiger partial charge in [-0.2, -0.15) is 4.31 Å². The first-order chi connectivity index (χ1) is 8.03. The fourth-order valence-electron chi connectivity index (χ4n) is 1.90. The monoisotopic (exact) mass is 283 g/mol. The largest absolute Gasteiger partial charge is 0.465 e. The Balaban J connectivity index is 2.71. The lowest BCUT2D eigenvalue weighted by Gasteiger charge is -2.22. The van der Waals surface area contributed by atoms with E-state index in [0.29, 0.717) is 31.7 Å². The third-order valence-electron chi connectivity index (χ3n) is 2.66. The number of ether oxygens (including phenoxy) is 1. The average molecular weight is 284 g/mol.